The molecule has 5 nitrogen and oxygen atoms in total. The molecule has 0 fully saturated rings. The van der Waals surface area contributed by atoms with Crippen LogP contribution in [-0.4, -0.2) is 20.4 Å². The Kier molecular flexibility index (Phi) is 4.80. The maximum Gasteiger partial charge on any atom is 0.263 e. The van der Waals surface area contributed by atoms with Crippen LogP contribution in [0.25, 0.3) is 20.9 Å². The van der Waals surface area contributed by atoms with Crippen molar-refractivity contribution in [2.45, 2.75) is 33.4 Å². The standard InChI is InChI=1S/C20H20N4OS2/c1-4-24-15-9-6-5-8-14(15)23-18(24)13(3)21-19(25)17-12(2)22-20(27-17)16-10-7-11-26-16/h5-11,13H,4H2,1-3H3,(H,21,25). The molecule has 0 aliphatic heterocycles. The molecule has 0 aliphatic rings. The number of thiazole rings is 1. The van der Waals surface area contributed by atoms with Crippen molar-refractivity contribution in [3.05, 3.63) is 58.2 Å². The number of carbonyl (C=O) groups is 1. The Morgan fingerprint density at radius 1 is 1.22 bits per heavy atom. The fourth-order valence-corrected chi connectivity index (χ4v) is 4.96. The third-order valence-electron chi connectivity index (χ3n) is 4.47. The Morgan fingerprint density at radius 2 is 2.04 bits per heavy atom. The molecule has 4 rings (SSSR count). The number of rotatable bonds is 5. The summed E-state index contributed by atoms with van der Waals surface area (Å²) in [6, 6.07) is 11.9. The number of imidazole rings is 1. The van der Waals surface area contributed by atoms with Crippen LogP contribution in [0.3, 0.4) is 0 Å². The van der Waals surface area contributed by atoms with Crippen LogP contribution in [0.1, 0.15) is 41.1 Å². The van der Waals surface area contributed by atoms with Crippen molar-refractivity contribution in [1.82, 2.24) is 19.9 Å². The number of benzene rings is 1. The number of hydrogen-bond acceptors (Lipinski definition) is 5. The maximum absolute atomic E-state index is 12.9. The molecule has 0 radical (unpaired) electrons. The first-order valence-corrected chi connectivity index (χ1v) is 10.6. The fraction of sp³-hybridized carbons (Fsp3) is 0.250. The van der Waals surface area contributed by atoms with E-state index in [2.05, 4.69) is 27.9 Å². The predicted molar refractivity (Wildman–Crippen MR) is 111 cm³/mol. The van der Waals surface area contributed by atoms with E-state index in [1.807, 2.05) is 49.6 Å². The molecule has 1 aromatic carbocycles. The van der Waals surface area contributed by atoms with Crippen molar-refractivity contribution < 1.29 is 4.79 Å². The molecule has 1 unspecified atom stereocenters. The number of hydrogen-bond donors (Lipinski definition) is 1. The SMILES string of the molecule is CCn1c(C(C)NC(=O)c2sc(-c3cccs3)nc2C)nc2ccccc21. The summed E-state index contributed by atoms with van der Waals surface area (Å²) >= 11 is 3.07. The van der Waals surface area contributed by atoms with Gasteiger partial charge in [0.05, 0.1) is 27.6 Å². The first-order valence-electron chi connectivity index (χ1n) is 8.85. The monoisotopic (exact) mass is 396 g/mol. The minimum absolute atomic E-state index is 0.102. The summed E-state index contributed by atoms with van der Waals surface area (Å²) < 4.78 is 2.15. The summed E-state index contributed by atoms with van der Waals surface area (Å²) in [5.74, 6) is 0.766. The zero-order valence-corrected chi connectivity index (χ0v) is 17.0. The zero-order chi connectivity index (χ0) is 19.0. The Balaban J connectivity index is 1.60. The van der Waals surface area contributed by atoms with Crippen LogP contribution in [0.4, 0.5) is 0 Å². The van der Waals surface area contributed by atoms with Gasteiger partial charge in [-0.2, -0.15) is 0 Å². The van der Waals surface area contributed by atoms with Crippen LogP contribution in [-0.2, 0) is 6.54 Å². The quantitative estimate of drug-likeness (QED) is 0.514. The number of carbonyl (C=O) groups excluding carboxylic acids is 1. The molecule has 3 aromatic heterocycles. The summed E-state index contributed by atoms with van der Waals surface area (Å²) in [5.41, 5.74) is 2.80. The molecule has 0 spiro atoms. The molecular formula is C20H20N4OS2. The predicted octanol–water partition coefficient (Wildman–Crippen LogP) is 5.04. The molecule has 4 aromatic rings. The zero-order valence-electron chi connectivity index (χ0n) is 15.4. The molecular weight excluding hydrogens is 376 g/mol. The number of para-hydroxylation sites is 2. The summed E-state index contributed by atoms with van der Waals surface area (Å²) in [5, 5.41) is 6.01. The highest BCUT2D eigenvalue weighted by Gasteiger charge is 2.22. The van der Waals surface area contributed by atoms with E-state index in [0.29, 0.717) is 4.88 Å². The largest absolute Gasteiger partial charge is 0.342 e. The van der Waals surface area contributed by atoms with Gasteiger partial charge in [0.2, 0.25) is 0 Å². The molecule has 1 amide bonds. The van der Waals surface area contributed by atoms with Crippen LogP contribution in [0.5, 0.6) is 0 Å². The first-order chi connectivity index (χ1) is 13.1. The van der Waals surface area contributed by atoms with E-state index in [4.69, 9.17) is 4.98 Å². The van der Waals surface area contributed by atoms with Crippen LogP contribution < -0.4 is 5.32 Å². The smallest absolute Gasteiger partial charge is 0.263 e. The highest BCUT2D eigenvalue weighted by molar-refractivity contribution is 7.22. The van der Waals surface area contributed by atoms with Crippen LogP contribution in [0, 0.1) is 6.92 Å². The van der Waals surface area contributed by atoms with Crippen LogP contribution >= 0.6 is 22.7 Å². The van der Waals surface area contributed by atoms with E-state index in [0.717, 1.165) is 39.0 Å². The molecule has 7 heteroatoms. The Labute approximate surface area is 165 Å². The van der Waals surface area contributed by atoms with Crippen molar-refractivity contribution in [1.29, 1.82) is 0 Å². The molecule has 138 valence electrons. The summed E-state index contributed by atoms with van der Waals surface area (Å²) in [7, 11) is 0. The second-order valence-electron chi connectivity index (χ2n) is 6.31. The molecule has 3 heterocycles. The highest BCUT2D eigenvalue weighted by Crippen LogP contribution is 2.31. The van der Waals surface area contributed by atoms with Crippen molar-refractivity contribution in [3.8, 4) is 9.88 Å². The Morgan fingerprint density at radius 3 is 2.78 bits per heavy atom. The molecule has 0 saturated carbocycles. The minimum Gasteiger partial charge on any atom is -0.342 e. The van der Waals surface area contributed by atoms with Crippen molar-refractivity contribution >= 4 is 39.6 Å². The second kappa shape index (κ2) is 7.25. The van der Waals surface area contributed by atoms with Gasteiger partial charge < -0.3 is 9.88 Å². The van der Waals surface area contributed by atoms with E-state index in [9.17, 15) is 4.79 Å². The Hall–Kier alpha value is -2.51. The number of fused-ring (bicyclic) bond motifs is 1. The van der Waals surface area contributed by atoms with Crippen LogP contribution in [0.15, 0.2) is 41.8 Å². The number of amides is 1. The number of nitrogens with one attached hydrogen (secondary N) is 1. The summed E-state index contributed by atoms with van der Waals surface area (Å²) in [6.07, 6.45) is 0. The van der Waals surface area contributed by atoms with Gasteiger partial charge in [0.1, 0.15) is 15.7 Å². The molecule has 27 heavy (non-hydrogen) atoms. The van der Waals surface area contributed by atoms with E-state index < -0.39 is 0 Å². The topological polar surface area (TPSA) is 59.8 Å². The average molecular weight is 397 g/mol. The van der Waals surface area contributed by atoms with Gasteiger partial charge in [-0.15, -0.1) is 22.7 Å². The van der Waals surface area contributed by atoms with E-state index in [-0.39, 0.29) is 11.9 Å². The fourth-order valence-electron chi connectivity index (χ4n) is 3.20. The van der Waals surface area contributed by atoms with Gasteiger partial charge in [-0.1, -0.05) is 18.2 Å². The van der Waals surface area contributed by atoms with Crippen molar-refractivity contribution in [3.63, 3.8) is 0 Å². The van der Waals surface area contributed by atoms with E-state index in [1.165, 1.54) is 11.3 Å². The van der Waals surface area contributed by atoms with Gasteiger partial charge in [-0.05, 0) is 44.4 Å². The molecule has 1 atom stereocenters. The average Bonchev–Trinajstić information content (AvgIpc) is 3.39. The van der Waals surface area contributed by atoms with Crippen molar-refractivity contribution in [2.24, 2.45) is 0 Å². The minimum atomic E-state index is -0.198. The van der Waals surface area contributed by atoms with Gasteiger partial charge in [0, 0.05) is 6.54 Å². The third-order valence-corrected chi connectivity index (χ3v) is 6.67. The number of aromatic nitrogens is 3. The number of aryl methyl sites for hydroxylation is 2. The van der Waals surface area contributed by atoms with Crippen LogP contribution in [0.2, 0.25) is 0 Å². The highest BCUT2D eigenvalue weighted by atomic mass is 32.1. The van der Waals surface area contributed by atoms with Gasteiger partial charge in [-0.25, -0.2) is 9.97 Å². The van der Waals surface area contributed by atoms with Gasteiger partial charge >= 0.3 is 0 Å². The normalized spacial score (nSPS) is 12.4. The van der Waals surface area contributed by atoms with E-state index >= 15 is 0 Å². The molecule has 0 bridgehead atoms. The third kappa shape index (κ3) is 3.28. The first kappa shape index (κ1) is 17.9. The van der Waals surface area contributed by atoms with Crippen molar-refractivity contribution in [2.75, 3.05) is 0 Å². The lowest BCUT2D eigenvalue weighted by atomic mass is 10.3. The van der Waals surface area contributed by atoms with Gasteiger partial charge in [0.15, 0.2) is 0 Å². The maximum atomic E-state index is 12.9. The lowest BCUT2D eigenvalue weighted by Crippen LogP contribution is -2.28. The molecule has 0 saturated heterocycles. The lowest BCUT2D eigenvalue weighted by Gasteiger charge is -2.15. The van der Waals surface area contributed by atoms with Gasteiger partial charge in [-0.3, -0.25) is 4.79 Å². The second-order valence-corrected chi connectivity index (χ2v) is 8.26. The van der Waals surface area contributed by atoms with E-state index in [1.54, 1.807) is 11.3 Å². The summed E-state index contributed by atoms with van der Waals surface area (Å²) in [6.45, 7) is 6.75. The Bertz CT molecular complexity index is 1090. The number of nitrogens with zero attached hydrogens (tertiary/aromatic N) is 3. The molecule has 0 aliphatic carbocycles. The molecule has 1 N–H and O–H groups in total. The van der Waals surface area contributed by atoms with Gasteiger partial charge in [0.25, 0.3) is 5.91 Å². The lowest BCUT2D eigenvalue weighted by molar-refractivity contribution is 0.0941. The summed E-state index contributed by atoms with van der Waals surface area (Å²) in [4.78, 5) is 23.9. The number of thiophene rings is 1.